The number of anilines is 1. The minimum atomic E-state index is -3.63. The third-order valence-electron chi connectivity index (χ3n) is 6.59. The van der Waals surface area contributed by atoms with Crippen molar-refractivity contribution < 1.29 is 13.7 Å². The standard InChI is InChI=1S/C22H29N5O3S/c1-13-7-8-15-9-14-5-4-6-16(14)19(18(13)15)25-21(28)26-31(23,29)17-10-24-27-11-22(2,3)12-30-20(17)27/h9-10,13H,4-8,11-12H2,1-3H3,(H3,23,25,26,28,29)/t13-,31+/m0/s1. The molecule has 1 aromatic heterocycles. The van der Waals surface area contributed by atoms with E-state index < -0.39 is 15.9 Å². The van der Waals surface area contributed by atoms with Crippen LogP contribution < -0.4 is 14.8 Å². The van der Waals surface area contributed by atoms with Gasteiger partial charge >= 0.3 is 6.03 Å². The Morgan fingerprint density at radius 3 is 2.94 bits per heavy atom. The first-order valence-corrected chi connectivity index (χ1v) is 12.4. The molecule has 3 aliphatic rings. The number of hydrogen-bond donors (Lipinski definition) is 3. The predicted molar refractivity (Wildman–Crippen MR) is 118 cm³/mol. The van der Waals surface area contributed by atoms with Gasteiger partial charge in [-0.1, -0.05) is 26.8 Å². The number of rotatable bonds is 3. The van der Waals surface area contributed by atoms with Gasteiger partial charge in [0, 0.05) is 11.1 Å². The first-order valence-electron chi connectivity index (χ1n) is 10.9. The summed E-state index contributed by atoms with van der Waals surface area (Å²) < 4.78 is 31.3. The molecular formula is C22H29N5O3S. The number of aryl methyl sites for hydroxylation is 2. The molecule has 31 heavy (non-hydrogen) atoms. The van der Waals surface area contributed by atoms with Crippen LogP contribution >= 0.6 is 0 Å². The second kappa shape index (κ2) is 6.98. The number of carbonyl (C=O) groups excluding carboxylic acids is 1. The number of nitrogens with zero attached hydrogens (tertiary/aromatic N) is 2. The largest absolute Gasteiger partial charge is 0.476 e. The minimum Gasteiger partial charge on any atom is -0.476 e. The molecule has 0 saturated carbocycles. The highest BCUT2D eigenvalue weighted by Gasteiger charge is 2.33. The van der Waals surface area contributed by atoms with E-state index in [-0.39, 0.29) is 10.3 Å². The molecule has 9 heteroatoms. The fourth-order valence-corrected chi connectivity index (χ4v) is 6.13. The molecule has 0 spiro atoms. The van der Waals surface area contributed by atoms with Gasteiger partial charge in [-0.2, -0.15) is 5.10 Å². The first-order chi connectivity index (χ1) is 14.6. The molecule has 0 radical (unpaired) electrons. The van der Waals surface area contributed by atoms with Gasteiger partial charge in [-0.05, 0) is 60.3 Å². The molecule has 2 aliphatic carbocycles. The summed E-state index contributed by atoms with van der Waals surface area (Å²) in [6.45, 7) is 7.33. The topological polar surface area (TPSA) is 109 Å². The van der Waals surface area contributed by atoms with Crippen LogP contribution in [0.4, 0.5) is 10.5 Å². The van der Waals surface area contributed by atoms with Crippen LogP contribution in [0.25, 0.3) is 0 Å². The first kappa shape index (κ1) is 20.4. The molecule has 1 aliphatic heterocycles. The maximum absolute atomic E-state index is 13.2. The Balaban J connectivity index is 1.41. The zero-order chi connectivity index (χ0) is 22.0. The van der Waals surface area contributed by atoms with E-state index in [9.17, 15) is 9.00 Å². The molecule has 5 rings (SSSR count). The summed E-state index contributed by atoms with van der Waals surface area (Å²) in [7, 11) is -3.63. The number of ether oxygens (including phenoxy) is 1. The summed E-state index contributed by atoms with van der Waals surface area (Å²) in [4.78, 5) is 13.0. The Morgan fingerprint density at radius 1 is 1.32 bits per heavy atom. The average molecular weight is 444 g/mol. The monoisotopic (exact) mass is 443 g/mol. The maximum Gasteiger partial charge on any atom is 0.331 e. The highest BCUT2D eigenvalue weighted by atomic mass is 32.2. The Bertz CT molecular complexity index is 1180. The van der Waals surface area contributed by atoms with Crippen molar-refractivity contribution >= 4 is 21.6 Å². The Hall–Kier alpha value is -2.55. The molecule has 0 unspecified atom stereocenters. The van der Waals surface area contributed by atoms with Gasteiger partial charge < -0.3 is 10.1 Å². The van der Waals surface area contributed by atoms with Gasteiger partial charge in [0.15, 0.2) is 9.92 Å². The number of nitrogens with one attached hydrogen (secondary N) is 3. The van der Waals surface area contributed by atoms with Gasteiger partial charge in [0.2, 0.25) is 5.88 Å². The van der Waals surface area contributed by atoms with E-state index in [0.717, 1.165) is 37.8 Å². The highest BCUT2D eigenvalue weighted by molar-refractivity contribution is 7.91. The van der Waals surface area contributed by atoms with Crippen LogP contribution in [0.5, 0.6) is 5.88 Å². The van der Waals surface area contributed by atoms with Crippen molar-refractivity contribution in [2.75, 3.05) is 11.9 Å². The lowest BCUT2D eigenvalue weighted by molar-refractivity contribution is 0.0971. The van der Waals surface area contributed by atoms with Crippen LogP contribution in [0.2, 0.25) is 0 Å². The molecule has 0 saturated heterocycles. The third-order valence-corrected chi connectivity index (χ3v) is 7.96. The van der Waals surface area contributed by atoms with E-state index in [1.165, 1.54) is 28.5 Å². The summed E-state index contributed by atoms with van der Waals surface area (Å²) in [5.74, 6) is 0.672. The van der Waals surface area contributed by atoms with E-state index in [1.807, 2.05) is 0 Å². The van der Waals surface area contributed by atoms with Crippen LogP contribution in [0.15, 0.2) is 17.2 Å². The zero-order valence-corrected chi connectivity index (χ0v) is 19.0. The lowest BCUT2D eigenvalue weighted by atomic mass is 9.94. The molecule has 3 N–H and O–H groups in total. The maximum atomic E-state index is 13.2. The lowest BCUT2D eigenvalue weighted by Crippen LogP contribution is -2.36. The average Bonchev–Trinajstić information content (AvgIpc) is 3.38. The van der Waals surface area contributed by atoms with Crippen LogP contribution in [0, 0.1) is 10.2 Å². The fraction of sp³-hybridized carbons (Fsp3) is 0.545. The van der Waals surface area contributed by atoms with Gasteiger partial charge in [-0.3, -0.25) is 0 Å². The molecule has 2 heterocycles. The summed E-state index contributed by atoms with van der Waals surface area (Å²) in [5, 5.41) is 7.20. The molecule has 0 bridgehead atoms. The van der Waals surface area contributed by atoms with Crippen molar-refractivity contribution in [3.63, 3.8) is 0 Å². The van der Waals surface area contributed by atoms with Gasteiger partial charge in [0.05, 0.1) is 19.3 Å². The van der Waals surface area contributed by atoms with Crippen molar-refractivity contribution in [3.8, 4) is 5.88 Å². The number of aromatic nitrogens is 2. The lowest BCUT2D eigenvalue weighted by Gasteiger charge is -2.30. The van der Waals surface area contributed by atoms with Crippen molar-refractivity contribution in [2.24, 2.45) is 5.41 Å². The summed E-state index contributed by atoms with van der Waals surface area (Å²) in [5.41, 5.74) is 5.74. The minimum absolute atomic E-state index is 0.102. The van der Waals surface area contributed by atoms with Gasteiger partial charge in [-0.15, -0.1) is 0 Å². The normalized spacial score (nSPS) is 22.6. The smallest absolute Gasteiger partial charge is 0.331 e. The predicted octanol–water partition coefficient (Wildman–Crippen LogP) is 3.98. The molecule has 2 aromatic rings. The van der Waals surface area contributed by atoms with Crippen molar-refractivity contribution in [3.05, 3.63) is 34.5 Å². The van der Waals surface area contributed by atoms with E-state index in [1.54, 1.807) is 4.68 Å². The van der Waals surface area contributed by atoms with Crippen LogP contribution in [-0.4, -0.2) is 26.6 Å². The third kappa shape index (κ3) is 3.48. The van der Waals surface area contributed by atoms with Crippen LogP contribution in [0.1, 0.15) is 61.8 Å². The summed E-state index contributed by atoms with van der Waals surface area (Å²) in [6, 6.07) is 1.67. The summed E-state index contributed by atoms with van der Waals surface area (Å²) in [6.07, 6.45) is 6.49. The zero-order valence-electron chi connectivity index (χ0n) is 18.2. The van der Waals surface area contributed by atoms with E-state index in [0.29, 0.717) is 24.9 Å². The molecule has 8 nitrogen and oxygen atoms in total. The van der Waals surface area contributed by atoms with Crippen LogP contribution in [-0.2, 0) is 35.7 Å². The van der Waals surface area contributed by atoms with Crippen LogP contribution in [0.3, 0.4) is 0 Å². The number of hydrogen-bond acceptors (Lipinski definition) is 5. The van der Waals surface area contributed by atoms with Crippen molar-refractivity contribution in [1.82, 2.24) is 14.5 Å². The molecule has 166 valence electrons. The van der Waals surface area contributed by atoms with Crippen molar-refractivity contribution in [2.45, 2.75) is 70.2 Å². The number of carbonyl (C=O) groups is 1. The van der Waals surface area contributed by atoms with E-state index in [2.05, 4.69) is 42.0 Å². The number of urea groups is 1. The van der Waals surface area contributed by atoms with Gasteiger partial charge in [-0.25, -0.2) is 23.2 Å². The molecular weight excluding hydrogens is 414 g/mol. The molecule has 0 fully saturated rings. The second-order valence-electron chi connectivity index (χ2n) is 9.79. The molecule has 1 aromatic carbocycles. The second-order valence-corrected chi connectivity index (χ2v) is 11.5. The number of benzene rings is 1. The quantitative estimate of drug-likeness (QED) is 0.666. The molecule has 2 amide bonds. The molecule has 2 atom stereocenters. The van der Waals surface area contributed by atoms with Crippen molar-refractivity contribution in [1.29, 1.82) is 4.78 Å². The number of fused-ring (bicyclic) bond motifs is 3. The number of amides is 2. The van der Waals surface area contributed by atoms with E-state index in [4.69, 9.17) is 9.52 Å². The SMILES string of the molecule is C[C@H]1CCc2cc3c(c(NC(=O)N[S@@](=N)(=O)c4cnn5c4OCC(C)(C)C5)c21)CCC3. The highest BCUT2D eigenvalue weighted by Crippen LogP contribution is 2.44. The fourth-order valence-electron chi connectivity index (χ4n) is 5.10. The Morgan fingerprint density at radius 2 is 2.13 bits per heavy atom. The Labute approximate surface area is 182 Å². The van der Waals surface area contributed by atoms with Gasteiger partial charge in [0.25, 0.3) is 0 Å². The Kier molecular flexibility index (Phi) is 4.58. The summed E-state index contributed by atoms with van der Waals surface area (Å²) >= 11 is 0. The van der Waals surface area contributed by atoms with E-state index >= 15 is 0 Å². The van der Waals surface area contributed by atoms with Gasteiger partial charge in [0.1, 0.15) is 4.90 Å².